The van der Waals surface area contributed by atoms with Crippen LogP contribution in [-0.4, -0.2) is 138 Å². The average molecular weight is 850 g/mol. The maximum absolute atomic E-state index is 14.4. The molecular weight excluding hydrogens is 774 g/mol. The van der Waals surface area contributed by atoms with Crippen LogP contribution in [0.1, 0.15) is 112 Å². The van der Waals surface area contributed by atoms with Gasteiger partial charge >= 0.3 is 11.8 Å². The van der Waals surface area contributed by atoms with Crippen molar-refractivity contribution in [2.75, 3.05) is 34.5 Å². The van der Waals surface area contributed by atoms with Crippen LogP contribution in [0.15, 0.2) is 36.0 Å². The third-order valence-electron chi connectivity index (χ3n) is 12.8. The molecule has 14 atom stereocenters. The van der Waals surface area contributed by atoms with E-state index in [0.29, 0.717) is 56.9 Å². The number of Topliss-reactive ketones (excluding diaryl/α,β-unsaturated/α-hetero) is 2. The Bertz CT molecular complexity index is 1500. The summed E-state index contributed by atoms with van der Waals surface area (Å²) in [6.07, 6.45) is 3.45. The standard InChI is InChI=1S/C46H75NO13/c1-11-15-33-21-27(3)20-28(4)22-39(57-9)41(51)40(58-10)24-30(6)43(52)46(55,59-12-2)45(54)47-19-14-13-16-34(47)44(53)60-42(31(7)36(49)26-37(33)50)29(5)23-32-17-18-35(48)38(25-32)56-8/h11,21,23,28,30-36,38-42,48-49,51,55H,1,12-20,22,24-26H2,2-10H3/b27-21+,29-23+/t28-,30+,31+,32-,33+,34-,35-,36-,38+,39-,40-,41+,42+,46?/m0/s1. The molecule has 60 heavy (non-hydrogen) atoms. The molecule has 0 aromatic carbocycles. The minimum Gasteiger partial charge on any atom is -0.456 e. The van der Waals surface area contributed by atoms with Crippen LogP contribution in [0.2, 0.25) is 0 Å². The number of piperidine rings is 1. The molecule has 1 saturated heterocycles. The third-order valence-corrected chi connectivity index (χ3v) is 12.8. The first kappa shape index (κ1) is 51.5. The van der Waals surface area contributed by atoms with Crippen LogP contribution in [0.25, 0.3) is 0 Å². The van der Waals surface area contributed by atoms with Crippen molar-refractivity contribution in [3.63, 3.8) is 0 Å². The van der Waals surface area contributed by atoms with Gasteiger partial charge in [-0.25, -0.2) is 4.79 Å². The highest BCUT2D eigenvalue weighted by Gasteiger charge is 2.53. The zero-order valence-corrected chi connectivity index (χ0v) is 37.5. The van der Waals surface area contributed by atoms with E-state index in [0.717, 1.165) is 10.5 Å². The van der Waals surface area contributed by atoms with Crippen LogP contribution >= 0.6 is 0 Å². The summed E-state index contributed by atoms with van der Waals surface area (Å²) in [7, 11) is 4.43. The van der Waals surface area contributed by atoms with Crippen LogP contribution < -0.4 is 0 Å². The average Bonchev–Trinajstić information content (AvgIpc) is 3.22. The van der Waals surface area contributed by atoms with Gasteiger partial charge in [-0.2, -0.15) is 0 Å². The summed E-state index contributed by atoms with van der Waals surface area (Å²) >= 11 is 0. The molecule has 2 heterocycles. The molecule has 1 amide bonds. The van der Waals surface area contributed by atoms with E-state index in [1.165, 1.54) is 28.1 Å². The van der Waals surface area contributed by atoms with Gasteiger partial charge in [-0.05, 0) is 102 Å². The molecule has 14 nitrogen and oxygen atoms in total. The number of rotatable bonds is 9. The summed E-state index contributed by atoms with van der Waals surface area (Å²) in [6, 6.07) is -1.20. The van der Waals surface area contributed by atoms with Gasteiger partial charge < -0.3 is 49.0 Å². The maximum Gasteiger partial charge on any atom is 0.329 e. The Morgan fingerprint density at radius 2 is 1.57 bits per heavy atom. The second-order valence-electron chi connectivity index (χ2n) is 17.6. The molecule has 14 heteroatoms. The van der Waals surface area contributed by atoms with Gasteiger partial charge in [0.15, 0.2) is 0 Å². The Morgan fingerprint density at radius 1 is 0.917 bits per heavy atom. The van der Waals surface area contributed by atoms with E-state index in [2.05, 4.69) is 6.58 Å². The Labute approximate surface area is 357 Å². The molecule has 1 unspecified atom stereocenters. The smallest absolute Gasteiger partial charge is 0.329 e. The van der Waals surface area contributed by atoms with Gasteiger partial charge in [0, 0.05) is 58.7 Å². The van der Waals surface area contributed by atoms with E-state index in [4.69, 9.17) is 23.7 Å². The van der Waals surface area contributed by atoms with E-state index in [-0.39, 0.29) is 56.1 Å². The maximum atomic E-state index is 14.4. The molecule has 1 saturated carbocycles. The molecule has 0 aromatic rings. The van der Waals surface area contributed by atoms with Crippen molar-refractivity contribution in [1.29, 1.82) is 0 Å². The molecule has 2 fully saturated rings. The first-order valence-corrected chi connectivity index (χ1v) is 21.9. The second-order valence-corrected chi connectivity index (χ2v) is 17.6. The highest BCUT2D eigenvalue weighted by atomic mass is 16.6. The van der Waals surface area contributed by atoms with Gasteiger partial charge in [-0.1, -0.05) is 44.6 Å². The number of amides is 1. The third kappa shape index (κ3) is 13.3. The van der Waals surface area contributed by atoms with Crippen LogP contribution in [-0.2, 0) is 42.9 Å². The highest BCUT2D eigenvalue weighted by Crippen LogP contribution is 2.34. The quantitative estimate of drug-likeness (QED) is 0.109. The summed E-state index contributed by atoms with van der Waals surface area (Å²) in [5.74, 6) is -8.42. The van der Waals surface area contributed by atoms with Crippen molar-refractivity contribution in [3.8, 4) is 0 Å². The predicted octanol–water partition coefficient (Wildman–Crippen LogP) is 4.64. The zero-order valence-electron chi connectivity index (χ0n) is 37.5. The summed E-state index contributed by atoms with van der Waals surface area (Å²) in [5.41, 5.74) is 1.56. The van der Waals surface area contributed by atoms with E-state index >= 15 is 0 Å². The van der Waals surface area contributed by atoms with Crippen molar-refractivity contribution >= 4 is 23.4 Å². The number of cyclic esters (lactones) is 1. The normalized spacial score (nSPS) is 39.0. The number of fused-ring (bicyclic) bond motifs is 1. The number of carbonyl (C=O) groups excluding carboxylic acids is 4. The van der Waals surface area contributed by atoms with Gasteiger partial charge in [0.2, 0.25) is 5.78 Å². The molecule has 3 rings (SSSR count). The summed E-state index contributed by atoms with van der Waals surface area (Å²) in [6.45, 7) is 14.2. The highest BCUT2D eigenvalue weighted by molar-refractivity contribution is 6.09. The number of allylic oxidation sites excluding steroid dienone is 4. The lowest BCUT2D eigenvalue weighted by atomic mass is 9.81. The van der Waals surface area contributed by atoms with Crippen molar-refractivity contribution < 1.29 is 63.3 Å². The summed E-state index contributed by atoms with van der Waals surface area (Å²) < 4.78 is 28.8. The van der Waals surface area contributed by atoms with E-state index in [9.17, 15) is 39.6 Å². The van der Waals surface area contributed by atoms with Crippen LogP contribution in [0, 0.1) is 29.6 Å². The molecule has 0 aromatic heterocycles. The predicted molar refractivity (Wildman–Crippen MR) is 225 cm³/mol. The Kier molecular flexibility index (Phi) is 20.7. The molecular formula is C46H75NO13. The molecule has 0 bridgehead atoms. The lowest BCUT2D eigenvalue weighted by Gasteiger charge is -2.40. The molecule has 2 aliphatic heterocycles. The Morgan fingerprint density at radius 3 is 2.18 bits per heavy atom. The number of esters is 1. The Hall–Kier alpha value is -2.82. The van der Waals surface area contributed by atoms with Crippen LogP contribution in [0.4, 0.5) is 0 Å². The van der Waals surface area contributed by atoms with Gasteiger partial charge in [-0.15, -0.1) is 6.58 Å². The number of ether oxygens (including phenoxy) is 5. The summed E-state index contributed by atoms with van der Waals surface area (Å²) in [5, 5.41) is 45.6. The second kappa shape index (κ2) is 24.1. The van der Waals surface area contributed by atoms with Crippen molar-refractivity contribution in [2.24, 2.45) is 29.6 Å². The number of methoxy groups -OCH3 is 3. The lowest BCUT2D eigenvalue weighted by Crippen LogP contribution is -2.62. The van der Waals surface area contributed by atoms with Gasteiger partial charge in [-0.3, -0.25) is 14.4 Å². The van der Waals surface area contributed by atoms with E-state index in [1.807, 2.05) is 26.0 Å². The lowest BCUT2D eigenvalue weighted by molar-refractivity contribution is -0.219. The first-order chi connectivity index (χ1) is 28.4. The number of aliphatic hydroxyl groups is 4. The number of hydrogen-bond acceptors (Lipinski definition) is 13. The molecule has 342 valence electrons. The summed E-state index contributed by atoms with van der Waals surface area (Å²) in [4.78, 5) is 58.1. The SMILES string of the molecule is C=CC[C@@H]1/C=C(\C)C[C@H](C)C[C@H](OC)[C@@H](O)[C@@H](OC)C[C@@H](C)C(=O)C(O)(OCC)C(=O)N2CCCC[C@H]2C(=O)O[C@H](/C(C)=C/[C@@H]2CC[C@H](O)[C@H](OC)C2)[C@H](C)[C@@H](O)CC1=O. The number of nitrogens with zero attached hydrogens (tertiary/aromatic N) is 1. The minimum absolute atomic E-state index is 0.0147. The molecule has 0 radical (unpaired) electrons. The topological polar surface area (TPSA) is 199 Å². The molecule has 1 aliphatic carbocycles. The van der Waals surface area contributed by atoms with Gasteiger partial charge in [0.25, 0.3) is 5.91 Å². The molecule has 3 aliphatic rings. The van der Waals surface area contributed by atoms with Crippen LogP contribution in [0.5, 0.6) is 0 Å². The van der Waals surface area contributed by atoms with Gasteiger partial charge in [0.1, 0.15) is 24.0 Å². The number of carbonyl (C=O) groups is 4. The molecule has 0 spiro atoms. The molecule has 4 N–H and O–H groups in total. The van der Waals surface area contributed by atoms with Gasteiger partial charge in [0.05, 0.1) is 30.5 Å². The number of hydrogen-bond donors (Lipinski definition) is 4. The van der Waals surface area contributed by atoms with E-state index < -0.39 is 83.9 Å². The zero-order chi connectivity index (χ0) is 44.9. The fraction of sp³-hybridized carbons (Fsp3) is 0.783. The van der Waals surface area contributed by atoms with Crippen LogP contribution in [0.3, 0.4) is 0 Å². The largest absolute Gasteiger partial charge is 0.456 e. The van der Waals surface area contributed by atoms with Crippen molar-refractivity contribution in [3.05, 3.63) is 36.0 Å². The monoisotopic (exact) mass is 850 g/mol. The number of aliphatic hydroxyl groups excluding tert-OH is 3. The number of ketones is 2. The Balaban J connectivity index is 2.14. The minimum atomic E-state index is -2.95. The fourth-order valence-corrected chi connectivity index (χ4v) is 9.33. The van der Waals surface area contributed by atoms with E-state index in [1.54, 1.807) is 27.0 Å². The van der Waals surface area contributed by atoms with Crippen molar-refractivity contribution in [2.45, 2.75) is 167 Å². The van der Waals surface area contributed by atoms with Crippen molar-refractivity contribution in [1.82, 2.24) is 4.90 Å². The first-order valence-electron chi connectivity index (χ1n) is 21.9. The fourth-order valence-electron chi connectivity index (χ4n) is 9.33.